The standard InChI is InChI=1S/C17H13ClN2O2/c1-19-17(21)13-4-2-11(3-5-13)15-10-16(22-20-15)12-6-8-14(18)9-7-12/h2-10H,1H3,(H,19,21). The van der Waals surface area contributed by atoms with Crippen LogP contribution in [0, 0.1) is 0 Å². The lowest BCUT2D eigenvalue weighted by Gasteiger charge is -2.00. The minimum atomic E-state index is -0.117. The van der Waals surface area contributed by atoms with Crippen molar-refractivity contribution in [1.29, 1.82) is 0 Å². The van der Waals surface area contributed by atoms with E-state index in [-0.39, 0.29) is 5.91 Å². The average molecular weight is 313 g/mol. The highest BCUT2D eigenvalue weighted by atomic mass is 35.5. The largest absolute Gasteiger partial charge is 0.356 e. The summed E-state index contributed by atoms with van der Waals surface area (Å²) in [6.07, 6.45) is 0. The second-order valence-electron chi connectivity index (χ2n) is 4.74. The van der Waals surface area contributed by atoms with Crippen LogP contribution in [0.25, 0.3) is 22.6 Å². The molecule has 110 valence electrons. The fourth-order valence-electron chi connectivity index (χ4n) is 2.10. The molecule has 0 aliphatic heterocycles. The van der Waals surface area contributed by atoms with Crippen molar-refractivity contribution >= 4 is 17.5 Å². The topological polar surface area (TPSA) is 55.1 Å². The molecule has 0 radical (unpaired) electrons. The smallest absolute Gasteiger partial charge is 0.251 e. The van der Waals surface area contributed by atoms with Gasteiger partial charge < -0.3 is 9.84 Å². The number of nitrogens with zero attached hydrogens (tertiary/aromatic N) is 1. The van der Waals surface area contributed by atoms with Crippen LogP contribution in [-0.4, -0.2) is 18.1 Å². The number of carbonyl (C=O) groups is 1. The zero-order chi connectivity index (χ0) is 15.5. The Morgan fingerprint density at radius 2 is 1.68 bits per heavy atom. The van der Waals surface area contributed by atoms with Crippen molar-refractivity contribution in [3.8, 4) is 22.6 Å². The average Bonchev–Trinajstić information content (AvgIpc) is 3.05. The summed E-state index contributed by atoms with van der Waals surface area (Å²) >= 11 is 5.87. The summed E-state index contributed by atoms with van der Waals surface area (Å²) in [5.74, 6) is 0.551. The molecular weight excluding hydrogens is 300 g/mol. The van der Waals surface area contributed by atoms with Crippen molar-refractivity contribution in [3.63, 3.8) is 0 Å². The normalized spacial score (nSPS) is 10.5. The zero-order valence-corrected chi connectivity index (χ0v) is 12.6. The third-order valence-corrected chi connectivity index (χ3v) is 3.56. The summed E-state index contributed by atoms with van der Waals surface area (Å²) in [4.78, 5) is 11.5. The van der Waals surface area contributed by atoms with Crippen LogP contribution in [0.5, 0.6) is 0 Å². The Morgan fingerprint density at radius 1 is 1.05 bits per heavy atom. The molecule has 0 unspecified atom stereocenters. The third-order valence-electron chi connectivity index (χ3n) is 3.31. The van der Waals surface area contributed by atoms with Crippen molar-refractivity contribution in [3.05, 3.63) is 65.2 Å². The molecule has 0 atom stereocenters. The van der Waals surface area contributed by atoms with Crippen molar-refractivity contribution in [2.75, 3.05) is 7.05 Å². The summed E-state index contributed by atoms with van der Waals surface area (Å²) in [7, 11) is 1.60. The van der Waals surface area contributed by atoms with Gasteiger partial charge in [0.25, 0.3) is 5.91 Å². The van der Waals surface area contributed by atoms with E-state index in [1.807, 2.05) is 30.3 Å². The molecule has 5 heteroatoms. The number of carbonyl (C=O) groups excluding carboxylic acids is 1. The highest BCUT2D eigenvalue weighted by Crippen LogP contribution is 2.27. The van der Waals surface area contributed by atoms with Gasteiger partial charge in [-0.05, 0) is 36.4 Å². The number of hydrogen-bond donors (Lipinski definition) is 1. The molecule has 4 nitrogen and oxygen atoms in total. The van der Waals surface area contributed by atoms with Gasteiger partial charge in [-0.3, -0.25) is 4.79 Å². The quantitative estimate of drug-likeness (QED) is 0.794. The molecule has 0 saturated carbocycles. The molecule has 0 saturated heterocycles. The molecule has 1 heterocycles. The van der Waals surface area contributed by atoms with Gasteiger partial charge in [0.05, 0.1) is 0 Å². The number of aromatic nitrogens is 1. The number of halogens is 1. The summed E-state index contributed by atoms with van der Waals surface area (Å²) in [6, 6.07) is 16.4. The Balaban J connectivity index is 1.87. The van der Waals surface area contributed by atoms with Crippen molar-refractivity contribution in [1.82, 2.24) is 10.5 Å². The van der Waals surface area contributed by atoms with Crippen LogP contribution in [0.4, 0.5) is 0 Å². The molecule has 0 aliphatic rings. The minimum absolute atomic E-state index is 0.117. The van der Waals surface area contributed by atoms with Gasteiger partial charge in [-0.1, -0.05) is 28.9 Å². The van der Waals surface area contributed by atoms with Crippen LogP contribution in [0.3, 0.4) is 0 Å². The van der Waals surface area contributed by atoms with Gasteiger partial charge in [0.15, 0.2) is 5.76 Å². The number of rotatable bonds is 3. The third kappa shape index (κ3) is 2.87. The zero-order valence-electron chi connectivity index (χ0n) is 11.8. The first kappa shape index (κ1) is 14.4. The van der Waals surface area contributed by atoms with Crippen LogP contribution in [0.2, 0.25) is 5.02 Å². The highest BCUT2D eigenvalue weighted by Gasteiger charge is 2.09. The number of nitrogens with one attached hydrogen (secondary N) is 1. The van der Waals surface area contributed by atoms with Crippen LogP contribution < -0.4 is 5.32 Å². The van der Waals surface area contributed by atoms with E-state index in [1.165, 1.54) is 0 Å². The molecule has 22 heavy (non-hydrogen) atoms. The van der Waals surface area contributed by atoms with E-state index in [4.69, 9.17) is 16.1 Å². The first-order chi connectivity index (χ1) is 10.7. The molecule has 0 bridgehead atoms. The molecular formula is C17H13ClN2O2. The Kier molecular flexibility index (Phi) is 3.94. The molecule has 0 fully saturated rings. The molecule has 0 spiro atoms. The van der Waals surface area contributed by atoms with Gasteiger partial charge in [-0.25, -0.2) is 0 Å². The minimum Gasteiger partial charge on any atom is -0.356 e. The lowest BCUT2D eigenvalue weighted by atomic mass is 10.1. The van der Waals surface area contributed by atoms with Gasteiger partial charge in [0.2, 0.25) is 0 Å². The van der Waals surface area contributed by atoms with E-state index in [9.17, 15) is 4.79 Å². The summed E-state index contributed by atoms with van der Waals surface area (Å²) in [5, 5.41) is 7.33. The predicted octanol–water partition coefficient (Wildman–Crippen LogP) is 4.02. The van der Waals surface area contributed by atoms with E-state index in [2.05, 4.69) is 10.5 Å². The van der Waals surface area contributed by atoms with Crippen LogP contribution in [0.1, 0.15) is 10.4 Å². The van der Waals surface area contributed by atoms with Crippen LogP contribution >= 0.6 is 11.6 Å². The molecule has 3 aromatic rings. The first-order valence-electron chi connectivity index (χ1n) is 6.72. The van der Waals surface area contributed by atoms with Gasteiger partial charge in [0, 0.05) is 34.8 Å². The lowest BCUT2D eigenvalue weighted by Crippen LogP contribution is -2.17. The van der Waals surface area contributed by atoms with E-state index in [0.29, 0.717) is 22.0 Å². The molecule has 2 aromatic carbocycles. The lowest BCUT2D eigenvalue weighted by molar-refractivity contribution is 0.0963. The van der Waals surface area contributed by atoms with Gasteiger partial charge >= 0.3 is 0 Å². The maximum atomic E-state index is 11.5. The van der Waals surface area contributed by atoms with E-state index >= 15 is 0 Å². The van der Waals surface area contributed by atoms with E-state index < -0.39 is 0 Å². The number of benzene rings is 2. The molecule has 1 aromatic heterocycles. The van der Waals surface area contributed by atoms with Crippen molar-refractivity contribution in [2.24, 2.45) is 0 Å². The highest BCUT2D eigenvalue weighted by molar-refractivity contribution is 6.30. The maximum Gasteiger partial charge on any atom is 0.251 e. The monoisotopic (exact) mass is 312 g/mol. The first-order valence-corrected chi connectivity index (χ1v) is 7.10. The Morgan fingerprint density at radius 3 is 2.32 bits per heavy atom. The maximum absolute atomic E-state index is 11.5. The predicted molar refractivity (Wildman–Crippen MR) is 85.8 cm³/mol. The Labute approximate surface area is 132 Å². The van der Waals surface area contributed by atoms with Crippen LogP contribution in [0.15, 0.2) is 59.1 Å². The number of amides is 1. The SMILES string of the molecule is CNC(=O)c1ccc(-c2cc(-c3ccc(Cl)cc3)on2)cc1. The fourth-order valence-corrected chi connectivity index (χ4v) is 2.22. The van der Waals surface area contributed by atoms with Crippen molar-refractivity contribution < 1.29 is 9.32 Å². The second-order valence-corrected chi connectivity index (χ2v) is 5.18. The van der Waals surface area contributed by atoms with E-state index in [0.717, 1.165) is 11.1 Å². The summed E-state index contributed by atoms with van der Waals surface area (Å²) in [6.45, 7) is 0. The number of hydrogen-bond acceptors (Lipinski definition) is 3. The second kappa shape index (κ2) is 6.03. The van der Waals surface area contributed by atoms with Gasteiger partial charge in [-0.15, -0.1) is 0 Å². The molecule has 3 rings (SSSR count). The Bertz CT molecular complexity index is 792. The summed E-state index contributed by atoms with van der Waals surface area (Å²) in [5.41, 5.74) is 3.11. The molecule has 1 amide bonds. The Hall–Kier alpha value is -2.59. The molecule has 1 N–H and O–H groups in total. The van der Waals surface area contributed by atoms with Gasteiger partial charge in [-0.2, -0.15) is 0 Å². The van der Waals surface area contributed by atoms with Crippen LogP contribution in [-0.2, 0) is 0 Å². The van der Waals surface area contributed by atoms with Crippen molar-refractivity contribution in [2.45, 2.75) is 0 Å². The van der Waals surface area contributed by atoms with Gasteiger partial charge in [0.1, 0.15) is 5.69 Å². The molecule has 0 aliphatic carbocycles. The summed E-state index contributed by atoms with van der Waals surface area (Å²) < 4.78 is 5.37. The fraction of sp³-hybridized carbons (Fsp3) is 0.0588. The van der Waals surface area contributed by atoms with E-state index in [1.54, 1.807) is 31.3 Å².